The van der Waals surface area contributed by atoms with Crippen LogP contribution in [0.25, 0.3) is 0 Å². The normalized spacial score (nSPS) is 17.3. The second-order valence-corrected chi connectivity index (χ2v) is 6.96. The van der Waals surface area contributed by atoms with Crippen molar-refractivity contribution in [3.05, 3.63) is 41.1 Å². The Hall–Kier alpha value is -2.58. The Labute approximate surface area is 154 Å². The Kier molecular flexibility index (Phi) is 4.32. The predicted molar refractivity (Wildman–Crippen MR) is 92.3 cm³/mol. The molecule has 6 nitrogen and oxygen atoms in total. The Balaban J connectivity index is 1.55. The first-order chi connectivity index (χ1) is 12.8. The SMILES string of the molecule is Cn1c(C(=O)N2CCCC2)nc2c1CCN(c1ccc(C(F)(F)F)cn1)C2. The average molecular weight is 379 g/mol. The molecule has 2 aromatic heterocycles. The monoisotopic (exact) mass is 379 g/mol. The van der Waals surface area contributed by atoms with E-state index in [1.165, 1.54) is 6.07 Å². The van der Waals surface area contributed by atoms with E-state index in [0.717, 1.165) is 49.6 Å². The van der Waals surface area contributed by atoms with Gasteiger partial charge in [-0.05, 0) is 25.0 Å². The van der Waals surface area contributed by atoms with E-state index < -0.39 is 11.7 Å². The Morgan fingerprint density at radius 1 is 1.15 bits per heavy atom. The lowest BCUT2D eigenvalue weighted by atomic mass is 10.1. The molecule has 0 aromatic carbocycles. The molecule has 0 atom stereocenters. The van der Waals surface area contributed by atoms with Crippen molar-refractivity contribution in [3.8, 4) is 0 Å². The van der Waals surface area contributed by atoms with Crippen LogP contribution < -0.4 is 4.90 Å². The van der Waals surface area contributed by atoms with Crippen LogP contribution in [0.2, 0.25) is 0 Å². The molecule has 1 fully saturated rings. The molecule has 144 valence electrons. The number of fused-ring (bicyclic) bond motifs is 1. The molecule has 0 spiro atoms. The van der Waals surface area contributed by atoms with Crippen molar-refractivity contribution >= 4 is 11.7 Å². The smallest absolute Gasteiger partial charge is 0.350 e. The van der Waals surface area contributed by atoms with E-state index in [0.29, 0.717) is 31.2 Å². The molecule has 0 radical (unpaired) electrons. The second-order valence-electron chi connectivity index (χ2n) is 6.96. The van der Waals surface area contributed by atoms with Crippen LogP contribution in [0.1, 0.15) is 40.4 Å². The van der Waals surface area contributed by atoms with E-state index in [4.69, 9.17) is 0 Å². The van der Waals surface area contributed by atoms with Crippen molar-refractivity contribution in [2.45, 2.75) is 32.0 Å². The van der Waals surface area contributed by atoms with Gasteiger partial charge in [0.05, 0.1) is 17.8 Å². The van der Waals surface area contributed by atoms with E-state index in [1.807, 2.05) is 21.4 Å². The van der Waals surface area contributed by atoms with Gasteiger partial charge in [-0.1, -0.05) is 0 Å². The Morgan fingerprint density at radius 3 is 2.52 bits per heavy atom. The van der Waals surface area contributed by atoms with Crippen LogP contribution >= 0.6 is 0 Å². The zero-order chi connectivity index (χ0) is 19.2. The van der Waals surface area contributed by atoms with Crippen LogP contribution in [0.3, 0.4) is 0 Å². The van der Waals surface area contributed by atoms with E-state index in [2.05, 4.69) is 9.97 Å². The van der Waals surface area contributed by atoms with Gasteiger partial charge >= 0.3 is 6.18 Å². The molecule has 27 heavy (non-hydrogen) atoms. The summed E-state index contributed by atoms with van der Waals surface area (Å²) in [6.07, 6.45) is -0.848. The van der Waals surface area contributed by atoms with Crippen molar-refractivity contribution in [2.24, 2.45) is 7.05 Å². The number of hydrogen-bond acceptors (Lipinski definition) is 4. The lowest BCUT2D eigenvalue weighted by molar-refractivity contribution is -0.137. The van der Waals surface area contributed by atoms with E-state index in [1.54, 1.807) is 0 Å². The van der Waals surface area contributed by atoms with Crippen LogP contribution in [-0.4, -0.2) is 45.0 Å². The zero-order valence-electron chi connectivity index (χ0n) is 15.0. The summed E-state index contributed by atoms with van der Waals surface area (Å²) in [7, 11) is 1.85. The number of pyridine rings is 1. The number of carbonyl (C=O) groups is 1. The fraction of sp³-hybridized carbons (Fsp3) is 0.500. The number of alkyl halides is 3. The van der Waals surface area contributed by atoms with Crippen molar-refractivity contribution in [1.82, 2.24) is 19.4 Å². The molecule has 1 amide bonds. The molecule has 1 saturated heterocycles. The summed E-state index contributed by atoms with van der Waals surface area (Å²) in [6, 6.07) is 2.42. The number of hydrogen-bond donors (Lipinski definition) is 0. The largest absolute Gasteiger partial charge is 0.417 e. The Bertz CT molecular complexity index is 853. The molecule has 2 aliphatic heterocycles. The summed E-state index contributed by atoms with van der Waals surface area (Å²) in [5.74, 6) is 0.861. The second kappa shape index (κ2) is 6.54. The maximum Gasteiger partial charge on any atom is 0.417 e. The minimum atomic E-state index is -4.40. The van der Waals surface area contributed by atoms with E-state index in [9.17, 15) is 18.0 Å². The molecule has 4 heterocycles. The number of halogens is 3. The summed E-state index contributed by atoms with van der Waals surface area (Å²) < 4.78 is 40.0. The number of imidazole rings is 1. The minimum absolute atomic E-state index is 0.0522. The highest BCUT2D eigenvalue weighted by Gasteiger charge is 2.32. The minimum Gasteiger partial charge on any atom is -0.350 e. The third-order valence-electron chi connectivity index (χ3n) is 5.24. The first-order valence-electron chi connectivity index (χ1n) is 8.96. The fourth-order valence-electron chi connectivity index (χ4n) is 3.72. The maximum absolute atomic E-state index is 12.7. The first kappa shape index (κ1) is 17.8. The van der Waals surface area contributed by atoms with Gasteiger partial charge in [0.2, 0.25) is 0 Å². The van der Waals surface area contributed by atoms with Gasteiger partial charge in [-0.15, -0.1) is 0 Å². The molecule has 9 heteroatoms. The van der Waals surface area contributed by atoms with Crippen molar-refractivity contribution < 1.29 is 18.0 Å². The highest BCUT2D eigenvalue weighted by molar-refractivity contribution is 5.91. The van der Waals surface area contributed by atoms with Gasteiger partial charge < -0.3 is 14.4 Å². The van der Waals surface area contributed by atoms with Crippen molar-refractivity contribution in [1.29, 1.82) is 0 Å². The first-order valence-corrected chi connectivity index (χ1v) is 8.96. The number of anilines is 1. The van der Waals surface area contributed by atoms with Crippen LogP contribution in [0.4, 0.5) is 19.0 Å². The van der Waals surface area contributed by atoms with Crippen LogP contribution in [0.5, 0.6) is 0 Å². The van der Waals surface area contributed by atoms with Crippen LogP contribution in [0, 0.1) is 0 Å². The van der Waals surface area contributed by atoms with Crippen molar-refractivity contribution in [3.63, 3.8) is 0 Å². The van der Waals surface area contributed by atoms with E-state index in [-0.39, 0.29) is 5.91 Å². The molecular weight excluding hydrogens is 359 g/mol. The summed E-state index contributed by atoms with van der Waals surface area (Å²) in [5.41, 5.74) is 1.02. The van der Waals surface area contributed by atoms with Crippen LogP contribution in [0.15, 0.2) is 18.3 Å². The Morgan fingerprint density at radius 2 is 1.89 bits per heavy atom. The van der Waals surface area contributed by atoms with Crippen molar-refractivity contribution in [2.75, 3.05) is 24.5 Å². The van der Waals surface area contributed by atoms with E-state index >= 15 is 0 Å². The van der Waals surface area contributed by atoms with Gasteiger partial charge in [-0.3, -0.25) is 4.79 Å². The summed E-state index contributed by atoms with van der Waals surface area (Å²) in [4.78, 5) is 24.9. The highest BCUT2D eigenvalue weighted by atomic mass is 19.4. The number of amides is 1. The van der Waals surface area contributed by atoms with Gasteiger partial charge in [-0.25, -0.2) is 9.97 Å². The third-order valence-corrected chi connectivity index (χ3v) is 5.24. The fourth-order valence-corrected chi connectivity index (χ4v) is 3.72. The molecule has 2 aliphatic rings. The van der Waals surface area contributed by atoms with Gasteiger partial charge in [0.25, 0.3) is 5.91 Å². The molecule has 2 aromatic rings. The number of carbonyl (C=O) groups excluding carboxylic acids is 1. The lowest BCUT2D eigenvalue weighted by Gasteiger charge is -2.27. The molecule has 4 rings (SSSR count). The maximum atomic E-state index is 12.7. The molecule has 0 aliphatic carbocycles. The van der Waals surface area contributed by atoms with Gasteiger partial charge in [0.1, 0.15) is 5.82 Å². The predicted octanol–water partition coefficient (Wildman–Crippen LogP) is 2.63. The quantitative estimate of drug-likeness (QED) is 0.805. The lowest BCUT2D eigenvalue weighted by Crippen LogP contribution is -2.32. The van der Waals surface area contributed by atoms with Crippen LogP contribution in [-0.2, 0) is 26.2 Å². The molecule has 0 bridgehead atoms. The molecule has 0 N–H and O–H groups in total. The summed E-state index contributed by atoms with van der Waals surface area (Å²) in [6.45, 7) is 2.56. The number of likely N-dealkylation sites (tertiary alicyclic amines) is 1. The number of aromatic nitrogens is 3. The summed E-state index contributed by atoms with van der Waals surface area (Å²) >= 11 is 0. The molecule has 0 saturated carbocycles. The average Bonchev–Trinajstić information content (AvgIpc) is 3.29. The summed E-state index contributed by atoms with van der Waals surface area (Å²) in [5, 5.41) is 0. The van der Waals surface area contributed by atoms with Gasteiger partial charge in [-0.2, -0.15) is 13.2 Å². The molecule has 0 unspecified atom stereocenters. The highest BCUT2D eigenvalue weighted by Crippen LogP contribution is 2.30. The number of nitrogens with zero attached hydrogens (tertiary/aromatic N) is 5. The standard InChI is InChI=1S/C18H20F3N5O/c1-24-14-6-9-26(15-5-4-12(10-22-15)18(19,20)21)11-13(14)23-16(24)17(27)25-7-2-3-8-25/h4-5,10H,2-3,6-9,11H2,1H3. The molecular formula is C18H20F3N5O. The topological polar surface area (TPSA) is 54.3 Å². The van der Waals surface area contributed by atoms with Gasteiger partial charge in [0, 0.05) is 45.0 Å². The third kappa shape index (κ3) is 3.26. The van der Waals surface area contributed by atoms with Gasteiger partial charge in [0.15, 0.2) is 5.82 Å². The zero-order valence-corrected chi connectivity index (χ0v) is 15.0. The number of rotatable bonds is 2.